The van der Waals surface area contributed by atoms with Gasteiger partial charge in [0.1, 0.15) is 0 Å². The molecule has 2 unspecified atom stereocenters. The summed E-state index contributed by atoms with van der Waals surface area (Å²) in [4.78, 5) is 14.8. The van der Waals surface area contributed by atoms with E-state index >= 15 is 0 Å². The van der Waals surface area contributed by atoms with Crippen LogP contribution in [0.3, 0.4) is 0 Å². The highest BCUT2D eigenvalue weighted by Gasteiger charge is 2.33. The van der Waals surface area contributed by atoms with Crippen molar-refractivity contribution < 1.29 is 4.79 Å². The van der Waals surface area contributed by atoms with Crippen LogP contribution in [0, 0.1) is 11.8 Å². The quantitative estimate of drug-likeness (QED) is 0.790. The lowest BCUT2D eigenvalue weighted by atomic mass is 9.94. The molecule has 19 heavy (non-hydrogen) atoms. The van der Waals surface area contributed by atoms with Crippen LogP contribution < -0.4 is 11.1 Å². The second kappa shape index (κ2) is 7.25. The van der Waals surface area contributed by atoms with Crippen LogP contribution in [0.1, 0.15) is 45.4 Å². The molecule has 3 N–H and O–H groups in total. The molecule has 1 saturated heterocycles. The Morgan fingerprint density at radius 3 is 2.63 bits per heavy atom. The minimum absolute atomic E-state index is 0.179. The fraction of sp³-hybridized carbons (Fsp3) is 0.933. The molecule has 1 saturated carbocycles. The average molecular weight is 267 g/mol. The number of nitrogens with zero attached hydrogens (tertiary/aromatic N) is 1. The van der Waals surface area contributed by atoms with Gasteiger partial charge in [0.2, 0.25) is 5.91 Å². The molecular weight excluding hydrogens is 238 g/mol. The van der Waals surface area contributed by atoms with Crippen LogP contribution in [0.2, 0.25) is 0 Å². The number of amides is 1. The van der Waals surface area contributed by atoms with E-state index in [-0.39, 0.29) is 11.8 Å². The van der Waals surface area contributed by atoms with Crippen molar-refractivity contribution in [2.24, 2.45) is 17.6 Å². The molecule has 2 rings (SSSR count). The molecule has 1 aliphatic heterocycles. The highest BCUT2D eigenvalue weighted by atomic mass is 16.2. The first kappa shape index (κ1) is 14.8. The molecule has 110 valence electrons. The lowest BCUT2D eigenvalue weighted by molar-refractivity contribution is -0.127. The fourth-order valence-electron chi connectivity index (χ4n) is 3.59. The third-order valence-electron chi connectivity index (χ3n) is 4.77. The Kier molecular flexibility index (Phi) is 5.64. The molecule has 0 spiro atoms. The lowest BCUT2D eigenvalue weighted by Gasteiger charge is -2.33. The van der Waals surface area contributed by atoms with Crippen LogP contribution in [0.5, 0.6) is 0 Å². The highest BCUT2D eigenvalue weighted by molar-refractivity contribution is 5.79. The minimum atomic E-state index is 0.179. The van der Waals surface area contributed by atoms with Gasteiger partial charge in [-0.05, 0) is 51.1 Å². The van der Waals surface area contributed by atoms with Crippen LogP contribution in [-0.2, 0) is 4.79 Å². The van der Waals surface area contributed by atoms with E-state index in [0.29, 0.717) is 18.5 Å². The largest absolute Gasteiger partial charge is 0.353 e. The Morgan fingerprint density at radius 1 is 1.26 bits per heavy atom. The number of hydrogen-bond donors (Lipinski definition) is 2. The van der Waals surface area contributed by atoms with Gasteiger partial charge in [-0.2, -0.15) is 0 Å². The van der Waals surface area contributed by atoms with Crippen molar-refractivity contribution in [3.8, 4) is 0 Å². The van der Waals surface area contributed by atoms with Crippen molar-refractivity contribution >= 4 is 5.91 Å². The van der Waals surface area contributed by atoms with Gasteiger partial charge in [-0.3, -0.25) is 4.79 Å². The Labute approximate surface area is 117 Å². The van der Waals surface area contributed by atoms with Gasteiger partial charge >= 0.3 is 0 Å². The molecule has 1 aliphatic carbocycles. The number of likely N-dealkylation sites (tertiary alicyclic amines) is 1. The Morgan fingerprint density at radius 2 is 2.00 bits per heavy atom. The zero-order chi connectivity index (χ0) is 13.7. The van der Waals surface area contributed by atoms with E-state index < -0.39 is 0 Å². The summed E-state index contributed by atoms with van der Waals surface area (Å²) < 4.78 is 0. The van der Waals surface area contributed by atoms with Gasteiger partial charge in [0, 0.05) is 25.0 Å². The maximum Gasteiger partial charge on any atom is 0.223 e. The summed E-state index contributed by atoms with van der Waals surface area (Å²) in [7, 11) is 0. The molecule has 4 nitrogen and oxygen atoms in total. The van der Waals surface area contributed by atoms with Crippen molar-refractivity contribution in [2.75, 3.05) is 26.2 Å². The summed E-state index contributed by atoms with van der Waals surface area (Å²) in [6.07, 6.45) is 6.75. The molecular formula is C15H29N3O. The SMILES string of the molecule is CCCN1CCC(NC(=O)C2CCCC2CN)CC1. The van der Waals surface area contributed by atoms with Crippen LogP contribution in [0.25, 0.3) is 0 Å². The van der Waals surface area contributed by atoms with Crippen molar-refractivity contribution in [2.45, 2.75) is 51.5 Å². The number of nitrogens with one attached hydrogen (secondary N) is 1. The van der Waals surface area contributed by atoms with E-state index in [1.165, 1.54) is 13.0 Å². The molecule has 0 bridgehead atoms. The van der Waals surface area contributed by atoms with Crippen molar-refractivity contribution in [1.29, 1.82) is 0 Å². The summed E-state index contributed by atoms with van der Waals surface area (Å²) in [5.74, 6) is 0.862. The summed E-state index contributed by atoms with van der Waals surface area (Å²) in [5, 5.41) is 3.27. The van der Waals surface area contributed by atoms with Crippen LogP contribution in [-0.4, -0.2) is 43.0 Å². The third kappa shape index (κ3) is 3.93. The van der Waals surface area contributed by atoms with Crippen LogP contribution in [0.4, 0.5) is 0 Å². The third-order valence-corrected chi connectivity index (χ3v) is 4.77. The van der Waals surface area contributed by atoms with Gasteiger partial charge in [0.25, 0.3) is 0 Å². The first-order valence-corrected chi connectivity index (χ1v) is 7.97. The maximum absolute atomic E-state index is 12.3. The van der Waals surface area contributed by atoms with Gasteiger partial charge in [0.05, 0.1) is 0 Å². The lowest BCUT2D eigenvalue weighted by Crippen LogP contribution is -2.47. The van der Waals surface area contributed by atoms with Crippen LogP contribution >= 0.6 is 0 Å². The van der Waals surface area contributed by atoms with E-state index in [4.69, 9.17) is 5.73 Å². The monoisotopic (exact) mass is 267 g/mol. The molecule has 1 heterocycles. The van der Waals surface area contributed by atoms with Crippen LogP contribution in [0.15, 0.2) is 0 Å². The van der Waals surface area contributed by atoms with Gasteiger partial charge < -0.3 is 16.0 Å². The van der Waals surface area contributed by atoms with Gasteiger partial charge in [-0.15, -0.1) is 0 Å². The molecule has 2 atom stereocenters. The van der Waals surface area contributed by atoms with Gasteiger partial charge in [-0.1, -0.05) is 13.3 Å². The molecule has 2 fully saturated rings. The van der Waals surface area contributed by atoms with Gasteiger partial charge in [-0.25, -0.2) is 0 Å². The average Bonchev–Trinajstić information content (AvgIpc) is 2.90. The normalized spacial score (nSPS) is 29.6. The molecule has 4 heteroatoms. The Balaban J connectivity index is 1.74. The van der Waals surface area contributed by atoms with E-state index in [0.717, 1.165) is 45.2 Å². The molecule has 0 aromatic heterocycles. The zero-order valence-corrected chi connectivity index (χ0v) is 12.2. The van der Waals surface area contributed by atoms with Crippen molar-refractivity contribution in [1.82, 2.24) is 10.2 Å². The molecule has 1 amide bonds. The highest BCUT2D eigenvalue weighted by Crippen LogP contribution is 2.31. The minimum Gasteiger partial charge on any atom is -0.353 e. The summed E-state index contributed by atoms with van der Waals surface area (Å²) in [5.41, 5.74) is 5.76. The molecule has 0 radical (unpaired) electrons. The van der Waals surface area contributed by atoms with E-state index in [1.807, 2.05) is 0 Å². The number of carbonyl (C=O) groups is 1. The topological polar surface area (TPSA) is 58.4 Å². The smallest absolute Gasteiger partial charge is 0.223 e. The van der Waals surface area contributed by atoms with Crippen molar-refractivity contribution in [3.63, 3.8) is 0 Å². The van der Waals surface area contributed by atoms with Gasteiger partial charge in [0.15, 0.2) is 0 Å². The molecule has 2 aliphatic rings. The van der Waals surface area contributed by atoms with E-state index in [9.17, 15) is 4.79 Å². The Hall–Kier alpha value is -0.610. The second-order valence-corrected chi connectivity index (χ2v) is 6.16. The zero-order valence-electron chi connectivity index (χ0n) is 12.2. The Bertz CT molecular complexity index is 287. The van der Waals surface area contributed by atoms with E-state index in [1.54, 1.807) is 0 Å². The number of nitrogens with two attached hydrogens (primary N) is 1. The summed E-state index contributed by atoms with van der Waals surface area (Å²) >= 11 is 0. The molecule has 0 aromatic rings. The fourth-order valence-corrected chi connectivity index (χ4v) is 3.59. The second-order valence-electron chi connectivity index (χ2n) is 6.16. The first-order chi connectivity index (χ1) is 9.24. The predicted molar refractivity (Wildman–Crippen MR) is 77.8 cm³/mol. The predicted octanol–water partition coefficient (Wildman–Crippen LogP) is 1.35. The van der Waals surface area contributed by atoms with E-state index in [2.05, 4.69) is 17.1 Å². The first-order valence-electron chi connectivity index (χ1n) is 7.97. The summed E-state index contributed by atoms with van der Waals surface area (Å²) in [6.45, 7) is 6.33. The number of piperidine rings is 1. The number of rotatable bonds is 5. The number of carbonyl (C=O) groups excluding carboxylic acids is 1. The van der Waals surface area contributed by atoms with Crippen molar-refractivity contribution in [3.05, 3.63) is 0 Å². The maximum atomic E-state index is 12.3. The summed E-state index contributed by atoms with van der Waals surface area (Å²) in [6, 6.07) is 0.389. The molecule has 0 aromatic carbocycles. The number of hydrogen-bond acceptors (Lipinski definition) is 3. The standard InChI is InChI=1S/C15H29N3O/c1-2-8-18-9-6-13(7-10-18)17-15(19)14-5-3-4-12(14)11-16/h12-14H,2-11,16H2,1H3,(H,17,19).